The van der Waals surface area contributed by atoms with Gasteiger partial charge in [0.15, 0.2) is 0 Å². The van der Waals surface area contributed by atoms with Crippen molar-refractivity contribution in [1.29, 1.82) is 0 Å². The Bertz CT molecular complexity index is 427. The van der Waals surface area contributed by atoms with Crippen LogP contribution in [0.4, 0.5) is 4.39 Å². The molecule has 1 aliphatic rings. The van der Waals surface area contributed by atoms with E-state index in [-0.39, 0.29) is 5.46 Å². The van der Waals surface area contributed by atoms with E-state index in [1.54, 1.807) is 6.07 Å². The van der Waals surface area contributed by atoms with Gasteiger partial charge in [0.2, 0.25) is 0 Å². The number of benzene rings is 1. The second kappa shape index (κ2) is 5.39. The Morgan fingerprint density at radius 1 is 1.39 bits per heavy atom. The molecule has 1 aromatic rings. The summed E-state index contributed by atoms with van der Waals surface area (Å²) in [6, 6.07) is 4.23. The minimum absolute atomic E-state index is 0.207. The van der Waals surface area contributed by atoms with E-state index in [0.29, 0.717) is 6.54 Å². The lowest BCUT2D eigenvalue weighted by Gasteiger charge is -2.17. The molecule has 0 bridgehead atoms. The highest BCUT2D eigenvalue weighted by Gasteiger charge is 2.33. The highest BCUT2D eigenvalue weighted by molar-refractivity contribution is 6.58. The van der Waals surface area contributed by atoms with Gasteiger partial charge in [-0.25, -0.2) is 4.39 Å². The lowest BCUT2D eigenvalue weighted by atomic mass is 9.79. The van der Waals surface area contributed by atoms with Crippen molar-refractivity contribution in [2.45, 2.75) is 19.9 Å². The van der Waals surface area contributed by atoms with Crippen LogP contribution in [0.3, 0.4) is 0 Å². The topological polar surface area (TPSA) is 43.7 Å². The van der Waals surface area contributed by atoms with E-state index >= 15 is 0 Å². The first-order valence-corrected chi connectivity index (χ1v) is 6.29. The van der Waals surface area contributed by atoms with Crippen LogP contribution < -0.4 is 5.46 Å². The van der Waals surface area contributed by atoms with Gasteiger partial charge < -0.3 is 14.9 Å². The molecule has 1 aromatic carbocycles. The van der Waals surface area contributed by atoms with Gasteiger partial charge in [0.05, 0.1) is 0 Å². The van der Waals surface area contributed by atoms with Crippen LogP contribution in [-0.4, -0.2) is 35.7 Å². The third kappa shape index (κ3) is 3.54. The fourth-order valence-corrected chi connectivity index (χ4v) is 2.35. The van der Waals surface area contributed by atoms with Crippen molar-refractivity contribution in [3.8, 4) is 0 Å². The molecule has 2 N–H and O–H groups in total. The number of rotatable bonds is 5. The van der Waals surface area contributed by atoms with E-state index in [9.17, 15) is 4.39 Å². The fraction of sp³-hybridized carbons (Fsp3) is 0.538. The number of hydrogen-bond donors (Lipinski definition) is 2. The van der Waals surface area contributed by atoms with E-state index in [2.05, 4.69) is 11.8 Å². The molecule has 1 fully saturated rings. The summed E-state index contributed by atoms with van der Waals surface area (Å²) in [4.78, 5) is 2.15. The van der Waals surface area contributed by atoms with E-state index in [1.807, 2.05) is 7.05 Å². The smallest absolute Gasteiger partial charge is 0.423 e. The number of nitrogens with zero attached hydrogens (tertiary/aromatic N) is 1. The average Bonchev–Trinajstić information content (AvgIpc) is 2.92. The molecule has 5 heteroatoms. The van der Waals surface area contributed by atoms with Gasteiger partial charge in [-0.1, -0.05) is 13.0 Å². The Labute approximate surface area is 107 Å². The summed E-state index contributed by atoms with van der Waals surface area (Å²) in [7, 11) is 0.388. The Morgan fingerprint density at radius 2 is 2.06 bits per heavy atom. The molecule has 0 spiro atoms. The van der Waals surface area contributed by atoms with Gasteiger partial charge in [0.1, 0.15) is 5.82 Å². The van der Waals surface area contributed by atoms with Gasteiger partial charge in [-0.3, -0.25) is 0 Å². The molecule has 0 amide bonds. The predicted molar refractivity (Wildman–Crippen MR) is 69.8 cm³/mol. The van der Waals surface area contributed by atoms with Crippen molar-refractivity contribution in [2.24, 2.45) is 11.8 Å². The summed E-state index contributed by atoms with van der Waals surface area (Å²) in [6.07, 6.45) is 1.27. The quantitative estimate of drug-likeness (QED) is 0.753. The SMILES string of the molecule is CC1CC1CN(C)Cc1cc(F)cc(B(O)O)c1. The van der Waals surface area contributed by atoms with Gasteiger partial charge >= 0.3 is 7.12 Å². The summed E-state index contributed by atoms with van der Waals surface area (Å²) in [5.74, 6) is 1.13. The van der Waals surface area contributed by atoms with Crippen LogP contribution in [0, 0.1) is 17.7 Å². The van der Waals surface area contributed by atoms with Crippen molar-refractivity contribution in [1.82, 2.24) is 4.90 Å². The van der Waals surface area contributed by atoms with Gasteiger partial charge in [0.25, 0.3) is 0 Å². The summed E-state index contributed by atoms with van der Waals surface area (Å²) in [5.41, 5.74) is 0.979. The Hall–Kier alpha value is -0.905. The molecule has 0 aromatic heterocycles. The second-order valence-electron chi connectivity index (χ2n) is 5.44. The molecule has 18 heavy (non-hydrogen) atoms. The van der Waals surface area contributed by atoms with Crippen molar-refractivity contribution >= 4 is 12.6 Å². The largest absolute Gasteiger partial charge is 0.488 e. The van der Waals surface area contributed by atoms with Crippen molar-refractivity contribution < 1.29 is 14.4 Å². The molecule has 2 rings (SSSR count). The maximum absolute atomic E-state index is 13.3. The lowest BCUT2D eigenvalue weighted by molar-refractivity contribution is 0.307. The molecule has 1 saturated carbocycles. The zero-order chi connectivity index (χ0) is 13.3. The van der Waals surface area contributed by atoms with Crippen molar-refractivity contribution in [3.63, 3.8) is 0 Å². The summed E-state index contributed by atoms with van der Waals surface area (Å²) in [6.45, 7) is 3.87. The maximum Gasteiger partial charge on any atom is 0.488 e. The van der Waals surface area contributed by atoms with Crippen LogP contribution in [0.2, 0.25) is 0 Å². The Morgan fingerprint density at radius 3 is 2.61 bits per heavy atom. The molecule has 98 valence electrons. The van der Waals surface area contributed by atoms with E-state index in [4.69, 9.17) is 10.0 Å². The normalized spacial score (nSPS) is 22.3. The zero-order valence-corrected chi connectivity index (χ0v) is 10.8. The van der Waals surface area contributed by atoms with Crippen molar-refractivity contribution in [2.75, 3.05) is 13.6 Å². The molecule has 2 atom stereocenters. The molecule has 3 nitrogen and oxygen atoms in total. The van der Waals surface area contributed by atoms with Crippen LogP contribution >= 0.6 is 0 Å². The molecule has 1 aliphatic carbocycles. The van der Waals surface area contributed by atoms with Crippen LogP contribution in [-0.2, 0) is 6.54 Å². The molecule has 0 saturated heterocycles. The maximum atomic E-state index is 13.3. The van der Waals surface area contributed by atoms with E-state index in [0.717, 1.165) is 30.0 Å². The number of halogens is 1. The molecule has 0 heterocycles. The summed E-state index contributed by atoms with van der Waals surface area (Å²) < 4.78 is 13.3. The van der Waals surface area contributed by atoms with Crippen LogP contribution in [0.1, 0.15) is 18.9 Å². The van der Waals surface area contributed by atoms with E-state index in [1.165, 1.54) is 12.5 Å². The summed E-state index contributed by atoms with van der Waals surface area (Å²) in [5, 5.41) is 18.1. The molecular formula is C13H19BFNO2. The van der Waals surface area contributed by atoms with Crippen molar-refractivity contribution in [3.05, 3.63) is 29.6 Å². The minimum Gasteiger partial charge on any atom is -0.423 e. The predicted octanol–water partition coefficient (Wildman–Crippen LogP) is 0.593. The molecule has 0 radical (unpaired) electrons. The van der Waals surface area contributed by atoms with Gasteiger partial charge in [-0.15, -0.1) is 0 Å². The highest BCUT2D eigenvalue weighted by Crippen LogP contribution is 2.38. The van der Waals surface area contributed by atoms with Gasteiger partial charge in [-0.2, -0.15) is 0 Å². The average molecular weight is 251 g/mol. The Kier molecular flexibility index (Phi) is 4.05. The Balaban J connectivity index is 1.99. The van der Waals surface area contributed by atoms with Crippen LogP contribution in [0.5, 0.6) is 0 Å². The standard InChI is InChI=1S/C13H19BFNO2/c1-9-3-11(9)8-16(2)7-10-4-12(14(17)18)6-13(15)5-10/h4-6,9,11,17-18H,3,7-8H2,1-2H3. The van der Waals surface area contributed by atoms with Crippen LogP contribution in [0.15, 0.2) is 18.2 Å². The first-order chi connectivity index (χ1) is 8.45. The summed E-state index contributed by atoms with van der Waals surface area (Å²) >= 11 is 0. The van der Waals surface area contributed by atoms with Crippen LogP contribution in [0.25, 0.3) is 0 Å². The first-order valence-electron chi connectivity index (χ1n) is 6.29. The second-order valence-corrected chi connectivity index (χ2v) is 5.44. The highest BCUT2D eigenvalue weighted by atomic mass is 19.1. The minimum atomic E-state index is -1.62. The third-order valence-electron chi connectivity index (χ3n) is 3.55. The molecular weight excluding hydrogens is 232 g/mol. The van der Waals surface area contributed by atoms with Gasteiger partial charge in [-0.05, 0) is 48.5 Å². The van der Waals surface area contributed by atoms with Gasteiger partial charge in [0, 0.05) is 13.1 Å². The first kappa shape index (κ1) is 13.5. The van der Waals surface area contributed by atoms with E-state index < -0.39 is 12.9 Å². The third-order valence-corrected chi connectivity index (χ3v) is 3.55. The fourth-order valence-electron chi connectivity index (χ4n) is 2.35. The molecule has 2 unspecified atom stereocenters. The lowest BCUT2D eigenvalue weighted by Crippen LogP contribution is -2.31. The number of hydrogen-bond acceptors (Lipinski definition) is 3. The monoisotopic (exact) mass is 251 g/mol. The zero-order valence-electron chi connectivity index (χ0n) is 10.8. The molecule has 0 aliphatic heterocycles.